The van der Waals surface area contributed by atoms with E-state index in [-0.39, 0.29) is 11.3 Å². The minimum Gasteiger partial charge on any atom is -0.368 e. The maximum atomic E-state index is 12.7. The lowest BCUT2D eigenvalue weighted by molar-refractivity contribution is 0.0746. The van der Waals surface area contributed by atoms with Gasteiger partial charge in [0.25, 0.3) is 5.91 Å². The molecule has 0 saturated carbocycles. The van der Waals surface area contributed by atoms with E-state index in [1.165, 1.54) is 11.3 Å². The molecule has 4 heteroatoms. The number of hydrogen-bond acceptors (Lipinski definition) is 2. The van der Waals surface area contributed by atoms with Gasteiger partial charge in [0.15, 0.2) is 0 Å². The summed E-state index contributed by atoms with van der Waals surface area (Å²) in [7, 11) is 0. The molecule has 0 N–H and O–H groups in total. The first-order chi connectivity index (χ1) is 11.9. The van der Waals surface area contributed by atoms with Crippen molar-refractivity contribution in [2.45, 2.75) is 26.2 Å². The molecule has 2 aromatic rings. The molecule has 2 aromatic carbocycles. The lowest BCUT2D eigenvalue weighted by Crippen LogP contribution is -2.49. The molecule has 3 nitrogen and oxygen atoms in total. The zero-order chi connectivity index (χ0) is 18.0. The first-order valence-electron chi connectivity index (χ1n) is 8.75. The summed E-state index contributed by atoms with van der Waals surface area (Å²) in [5.41, 5.74) is 3.53. The van der Waals surface area contributed by atoms with Crippen LogP contribution in [0.5, 0.6) is 0 Å². The van der Waals surface area contributed by atoms with Gasteiger partial charge in [0, 0.05) is 41.9 Å². The molecule has 132 valence electrons. The van der Waals surface area contributed by atoms with E-state index in [0.29, 0.717) is 0 Å². The Morgan fingerprint density at radius 1 is 0.920 bits per heavy atom. The van der Waals surface area contributed by atoms with Crippen LogP contribution in [0.15, 0.2) is 53.0 Å². The van der Waals surface area contributed by atoms with Crippen LogP contribution in [0.25, 0.3) is 0 Å². The van der Waals surface area contributed by atoms with Crippen LogP contribution in [-0.2, 0) is 5.41 Å². The summed E-state index contributed by atoms with van der Waals surface area (Å²) in [5.74, 6) is 0.122. The van der Waals surface area contributed by atoms with Crippen molar-refractivity contribution in [3.05, 3.63) is 64.1 Å². The van der Waals surface area contributed by atoms with Crippen LogP contribution >= 0.6 is 15.9 Å². The Balaban J connectivity index is 1.70. The SMILES string of the molecule is CC(C)(C)c1ccccc1N1CCN(C(=O)c2ccc(Br)cc2)CC1. The van der Waals surface area contributed by atoms with Crippen molar-refractivity contribution < 1.29 is 4.79 Å². The molecule has 25 heavy (non-hydrogen) atoms. The topological polar surface area (TPSA) is 23.6 Å². The molecule has 0 aliphatic carbocycles. The number of para-hydroxylation sites is 1. The van der Waals surface area contributed by atoms with E-state index in [2.05, 4.69) is 65.9 Å². The van der Waals surface area contributed by atoms with Gasteiger partial charge in [-0.2, -0.15) is 0 Å². The highest BCUT2D eigenvalue weighted by Gasteiger charge is 2.26. The molecule has 1 fully saturated rings. The molecule has 3 rings (SSSR count). The predicted molar refractivity (Wildman–Crippen MR) is 107 cm³/mol. The summed E-state index contributed by atoms with van der Waals surface area (Å²) in [6.45, 7) is 10.0. The number of carbonyl (C=O) groups excluding carboxylic acids is 1. The van der Waals surface area contributed by atoms with Gasteiger partial charge >= 0.3 is 0 Å². The summed E-state index contributed by atoms with van der Waals surface area (Å²) in [5, 5.41) is 0. The Morgan fingerprint density at radius 3 is 2.12 bits per heavy atom. The van der Waals surface area contributed by atoms with Gasteiger partial charge in [-0.25, -0.2) is 0 Å². The van der Waals surface area contributed by atoms with Crippen molar-refractivity contribution in [1.82, 2.24) is 4.90 Å². The third kappa shape index (κ3) is 4.06. The fourth-order valence-electron chi connectivity index (χ4n) is 3.31. The zero-order valence-corrected chi connectivity index (χ0v) is 16.7. The number of anilines is 1. The quantitative estimate of drug-likeness (QED) is 0.728. The molecule has 0 radical (unpaired) electrons. The monoisotopic (exact) mass is 400 g/mol. The van der Waals surface area contributed by atoms with E-state index < -0.39 is 0 Å². The summed E-state index contributed by atoms with van der Waals surface area (Å²) >= 11 is 3.42. The smallest absolute Gasteiger partial charge is 0.253 e. The Bertz CT molecular complexity index is 741. The van der Waals surface area contributed by atoms with Gasteiger partial charge in [-0.15, -0.1) is 0 Å². The zero-order valence-electron chi connectivity index (χ0n) is 15.1. The number of amides is 1. The van der Waals surface area contributed by atoms with Crippen molar-refractivity contribution in [3.8, 4) is 0 Å². The second-order valence-corrected chi connectivity index (χ2v) is 8.47. The number of benzene rings is 2. The maximum Gasteiger partial charge on any atom is 0.253 e. The minimum absolute atomic E-state index is 0.112. The van der Waals surface area contributed by atoms with E-state index in [1.807, 2.05) is 29.2 Å². The van der Waals surface area contributed by atoms with Gasteiger partial charge in [-0.05, 0) is 41.3 Å². The molecule has 1 saturated heterocycles. The van der Waals surface area contributed by atoms with E-state index in [0.717, 1.165) is 36.2 Å². The number of nitrogens with zero attached hydrogens (tertiary/aromatic N) is 2. The van der Waals surface area contributed by atoms with Crippen molar-refractivity contribution in [3.63, 3.8) is 0 Å². The summed E-state index contributed by atoms with van der Waals surface area (Å²) < 4.78 is 0.993. The van der Waals surface area contributed by atoms with Crippen LogP contribution in [0, 0.1) is 0 Å². The molecular weight excluding hydrogens is 376 g/mol. The molecule has 0 unspecified atom stereocenters. The summed E-state index contributed by atoms with van der Waals surface area (Å²) in [6.07, 6.45) is 0. The average Bonchev–Trinajstić information content (AvgIpc) is 2.61. The Kier molecular flexibility index (Phi) is 5.19. The Morgan fingerprint density at radius 2 is 1.52 bits per heavy atom. The normalized spacial score (nSPS) is 15.4. The van der Waals surface area contributed by atoms with Crippen molar-refractivity contribution in [1.29, 1.82) is 0 Å². The van der Waals surface area contributed by atoms with E-state index in [9.17, 15) is 4.79 Å². The van der Waals surface area contributed by atoms with Gasteiger partial charge in [0.05, 0.1) is 0 Å². The van der Waals surface area contributed by atoms with E-state index >= 15 is 0 Å². The number of halogens is 1. The van der Waals surface area contributed by atoms with E-state index in [4.69, 9.17) is 0 Å². The fourth-order valence-corrected chi connectivity index (χ4v) is 3.57. The Labute approximate surface area is 158 Å². The van der Waals surface area contributed by atoms with Gasteiger partial charge in [-0.3, -0.25) is 4.79 Å². The van der Waals surface area contributed by atoms with Crippen LogP contribution in [0.4, 0.5) is 5.69 Å². The van der Waals surface area contributed by atoms with Crippen LogP contribution in [0.2, 0.25) is 0 Å². The second-order valence-electron chi connectivity index (χ2n) is 7.55. The predicted octanol–water partition coefficient (Wildman–Crippen LogP) is 4.71. The highest BCUT2D eigenvalue weighted by atomic mass is 79.9. The molecule has 0 atom stereocenters. The third-order valence-electron chi connectivity index (χ3n) is 4.71. The first-order valence-corrected chi connectivity index (χ1v) is 9.55. The number of piperazine rings is 1. The van der Waals surface area contributed by atoms with E-state index in [1.54, 1.807) is 0 Å². The van der Waals surface area contributed by atoms with Gasteiger partial charge in [0.1, 0.15) is 0 Å². The largest absolute Gasteiger partial charge is 0.368 e. The van der Waals surface area contributed by atoms with Crippen LogP contribution in [-0.4, -0.2) is 37.0 Å². The molecule has 1 amide bonds. The number of carbonyl (C=O) groups is 1. The van der Waals surface area contributed by atoms with Gasteiger partial charge in [0.2, 0.25) is 0 Å². The minimum atomic E-state index is 0.112. The molecule has 0 aromatic heterocycles. The Hall–Kier alpha value is -1.81. The number of rotatable bonds is 2. The molecule has 1 aliphatic heterocycles. The molecule has 1 heterocycles. The molecule has 0 bridgehead atoms. The van der Waals surface area contributed by atoms with Crippen LogP contribution in [0.1, 0.15) is 36.7 Å². The summed E-state index contributed by atoms with van der Waals surface area (Å²) in [4.78, 5) is 17.0. The maximum absolute atomic E-state index is 12.7. The lowest BCUT2D eigenvalue weighted by atomic mass is 9.85. The van der Waals surface area contributed by atoms with Crippen LogP contribution in [0.3, 0.4) is 0 Å². The molecular formula is C21H25BrN2O. The lowest BCUT2D eigenvalue weighted by Gasteiger charge is -2.38. The standard InChI is InChI=1S/C21H25BrN2O/c1-21(2,3)18-6-4-5-7-19(18)23-12-14-24(15-13-23)20(25)16-8-10-17(22)11-9-16/h4-11H,12-15H2,1-3H3. The van der Waals surface area contributed by atoms with Gasteiger partial charge < -0.3 is 9.80 Å². The summed E-state index contributed by atoms with van der Waals surface area (Å²) in [6, 6.07) is 16.2. The highest BCUT2D eigenvalue weighted by Crippen LogP contribution is 2.32. The molecule has 1 aliphatic rings. The first kappa shape index (κ1) is 18.0. The van der Waals surface area contributed by atoms with Crippen LogP contribution < -0.4 is 4.90 Å². The fraction of sp³-hybridized carbons (Fsp3) is 0.381. The van der Waals surface area contributed by atoms with Crippen molar-refractivity contribution in [2.24, 2.45) is 0 Å². The third-order valence-corrected chi connectivity index (χ3v) is 5.24. The molecule has 0 spiro atoms. The second kappa shape index (κ2) is 7.20. The number of hydrogen-bond donors (Lipinski definition) is 0. The van der Waals surface area contributed by atoms with Crippen molar-refractivity contribution >= 4 is 27.5 Å². The highest BCUT2D eigenvalue weighted by molar-refractivity contribution is 9.10. The average molecular weight is 401 g/mol. The van der Waals surface area contributed by atoms with Crippen molar-refractivity contribution in [2.75, 3.05) is 31.1 Å². The van der Waals surface area contributed by atoms with Gasteiger partial charge in [-0.1, -0.05) is 54.9 Å².